The Bertz CT molecular complexity index is 1340. The van der Waals surface area contributed by atoms with E-state index >= 15 is 0 Å². The van der Waals surface area contributed by atoms with Gasteiger partial charge in [-0.15, -0.1) is 23.7 Å². The van der Waals surface area contributed by atoms with Crippen LogP contribution in [0.1, 0.15) is 38.1 Å². The molecule has 0 fully saturated rings. The monoisotopic (exact) mass is 549 g/mol. The number of amides is 1. The number of sulfonamides is 1. The van der Waals surface area contributed by atoms with E-state index in [4.69, 9.17) is 4.74 Å². The number of nitrogens with one attached hydrogen (secondary N) is 1. The number of benzene rings is 2. The molecule has 2 aromatic carbocycles. The fourth-order valence-electron chi connectivity index (χ4n) is 4.02. The second-order valence-electron chi connectivity index (χ2n) is 8.10. The van der Waals surface area contributed by atoms with Crippen LogP contribution in [-0.2, 0) is 27.7 Å². The molecule has 36 heavy (non-hydrogen) atoms. The second kappa shape index (κ2) is 11.4. The maximum Gasteiger partial charge on any atom is 0.341 e. The van der Waals surface area contributed by atoms with Gasteiger partial charge in [0.1, 0.15) is 5.00 Å². The van der Waals surface area contributed by atoms with Gasteiger partial charge in [-0.1, -0.05) is 25.1 Å². The predicted molar refractivity (Wildman–Crippen MR) is 144 cm³/mol. The van der Waals surface area contributed by atoms with Gasteiger partial charge in [-0.2, -0.15) is 0 Å². The highest BCUT2D eigenvalue weighted by atomic mass is 35.5. The average molecular weight is 550 g/mol. The van der Waals surface area contributed by atoms with E-state index in [2.05, 4.69) is 17.1 Å². The van der Waals surface area contributed by atoms with Crippen molar-refractivity contribution in [3.63, 3.8) is 0 Å². The number of likely N-dealkylation sites (N-methyl/N-ethyl adjacent to an activating group) is 1. The standard InChI is InChI=1S/C25H27N3O5S2.ClH/c1-4-28-15-14-20-21(16-28)34-24(22(20)25(30)33-3)26-23(29)17-10-12-19(13-11-17)35(31,32)27(2)18-8-6-5-7-9-18;/h5-13H,4,14-16H2,1-3H3,(H,26,29);1H. The number of para-hydroxylation sites is 1. The molecule has 8 nitrogen and oxygen atoms in total. The molecule has 1 aliphatic heterocycles. The molecule has 0 spiro atoms. The number of carbonyl (C=O) groups excluding carboxylic acids is 2. The number of thiophene rings is 1. The molecule has 1 N–H and O–H groups in total. The highest BCUT2D eigenvalue weighted by Crippen LogP contribution is 2.38. The summed E-state index contributed by atoms with van der Waals surface area (Å²) in [5.74, 6) is -0.908. The summed E-state index contributed by atoms with van der Waals surface area (Å²) in [6, 6.07) is 14.5. The predicted octanol–water partition coefficient (Wildman–Crippen LogP) is 4.41. The minimum absolute atomic E-state index is 0. The molecule has 0 aliphatic carbocycles. The zero-order valence-electron chi connectivity index (χ0n) is 20.2. The van der Waals surface area contributed by atoms with E-state index in [1.807, 2.05) is 6.07 Å². The number of esters is 1. The van der Waals surface area contributed by atoms with Gasteiger partial charge in [0.2, 0.25) is 0 Å². The summed E-state index contributed by atoms with van der Waals surface area (Å²) in [5.41, 5.74) is 2.14. The minimum atomic E-state index is -3.79. The van der Waals surface area contributed by atoms with Crippen molar-refractivity contribution in [2.75, 3.05) is 36.9 Å². The van der Waals surface area contributed by atoms with Crippen molar-refractivity contribution in [2.45, 2.75) is 24.8 Å². The largest absolute Gasteiger partial charge is 0.465 e. The van der Waals surface area contributed by atoms with Gasteiger partial charge in [0.15, 0.2) is 0 Å². The molecule has 192 valence electrons. The Morgan fingerprint density at radius 2 is 1.78 bits per heavy atom. The maximum atomic E-state index is 13.0. The van der Waals surface area contributed by atoms with Gasteiger partial charge in [-0.25, -0.2) is 13.2 Å². The molecular weight excluding hydrogens is 522 g/mol. The lowest BCUT2D eigenvalue weighted by molar-refractivity contribution is 0.0600. The van der Waals surface area contributed by atoms with Crippen molar-refractivity contribution in [3.8, 4) is 0 Å². The van der Waals surface area contributed by atoms with Crippen molar-refractivity contribution >= 4 is 56.3 Å². The molecule has 1 amide bonds. The highest BCUT2D eigenvalue weighted by molar-refractivity contribution is 7.92. The van der Waals surface area contributed by atoms with Gasteiger partial charge in [0.05, 0.1) is 23.3 Å². The Morgan fingerprint density at radius 3 is 2.39 bits per heavy atom. The summed E-state index contributed by atoms with van der Waals surface area (Å²) >= 11 is 1.38. The lowest BCUT2D eigenvalue weighted by atomic mass is 10.0. The number of carbonyl (C=O) groups is 2. The number of rotatable bonds is 7. The zero-order valence-corrected chi connectivity index (χ0v) is 22.6. The second-order valence-corrected chi connectivity index (χ2v) is 11.2. The summed E-state index contributed by atoms with van der Waals surface area (Å²) < 4.78 is 32.2. The maximum absolute atomic E-state index is 13.0. The van der Waals surface area contributed by atoms with Gasteiger partial charge in [0.25, 0.3) is 15.9 Å². The van der Waals surface area contributed by atoms with Crippen molar-refractivity contribution in [1.29, 1.82) is 0 Å². The SMILES string of the molecule is CCN1CCc2c(sc(NC(=O)c3ccc(S(=O)(=O)N(C)c4ccccc4)cc3)c2C(=O)OC)C1.Cl. The van der Waals surface area contributed by atoms with Crippen LogP contribution in [0.3, 0.4) is 0 Å². The molecule has 0 saturated carbocycles. The topological polar surface area (TPSA) is 96.0 Å². The fraction of sp³-hybridized carbons (Fsp3) is 0.280. The number of methoxy groups -OCH3 is 1. The van der Waals surface area contributed by atoms with Gasteiger partial charge in [-0.3, -0.25) is 14.0 Å². The third kappa shape index (κ3) is 5.41. The molecule has 0 radical (unpaired) electrons. The van der Waals surface area contributed by atoms with Crippen molar-refractivity contribution in [1.82, 2.24) is 4.90 Å². The first-order chi connectivity index (χ1) is 16.8. The first kappa shape index (κ1) is 27.7. The Kier molecular flexibility index (Phi) is 8.78. The molecule has 0 atom stereocenters. The van der Waals surface area contributed by atoms with Crippen molar-refractivity contribution in [2.24, 2.45) is 0 Å². The summed E-state index contributed by atoms with van der Waals surface area (Å²) in [7, 11) is -0.979. The van der Waals surface area contributed by atoms with E-state index in [-0.39, 0.29) is 22.9 Å². The van der Waals surface area contributed by atoms with Gasteiger partial charge in [-0.05, 0) is 54.9 Å². The van der Waals surface area contributed by atoms with Crippen LogP contribution >= 0.6 is 23.7 Å². The third-order valence-corrected chi connectivity index (χ3v) is 9.03. The van der Waals surface area contributed by atoms with Crippen LogP contribution in [0, 0.1) is 0 Å². The van der Waals surface area contributed by atoms with E-state index < -0.39 is 21.9 Å². The molecule has 11 heteroatoms. The lowest BCUT2D eigenvalue weighted by Crippen LogP contribution is -2.29. The Labute approximate surface area is 221 Å². The summed E-state index contributed by atoms with van der Waals surface area (Å²) in [6.45, 7) is 4.55. The van der Waals surface area contributed by atoms with Crippen LogP contribution in [0.2, 0.25) is 0 Å². The lowest BCUT2D eigenvalue weighted by Gasteiger charge is -2.25. The molecule has 3 aromatic rings. The summed E-state index contributed by atoms with van der Waals surface area (Å²) in [4.78, 5) is 28.9. The minimum Gasteiger partial charge on any atom is -0.465 e. The van der Waals surface area contributed by atoms with Crippen LogP contribution in [0.25, 0.3) is 0 Å². The first-order valence-corrected chi connectivity index (χ1v) is 13.4. The quantitative estimate of drug-likeness (QED) is 0.439. The number of fused-ring (bicyclic) bond motifs is 1. The van der Waals surface area contributed by atoms with E-state index in [1.54, 1.807) is 24.3 Å². The molecule has 1 aliphatic rings. The summed E-state index contributed by atoms with van der Waals surface area (Å²) in [5, 5.41) is 3.29. The van der Waals surface area contributed by atoms with Crippen LogP contribution in [0.4, 0.5) is 10.7 Å². The number of halogens is 1. The number of anilines is 2. The zero-order chi connectivity index (χ0) is 25.2. The molecule has 1 aromatic heterocycles. The number of nitrogens with zero attached hydrogens (tertiary/aromatic N) is 2. The molecule has 4 rings (SSSR count). The smallest absolute Gasteiger partial charge is 0.341 e. The summed E-state index contributed by atoms with van der Waals surface area (Å²) in [6.07, 6.45) is 0.710. The van der Waals surface area contributed by atoms with Gasteiger partial charge < -0.3 is 10.1 Å². The molecule has 0 saturated heterocycles. The number of hydrogen-bond donors (Lipinski definition) is 1. The van der Waals surface area contributed by atoms with E-state index in [1.165, 1.54) is 54.1 Å². The fourth-order valence-corrected chi connectivity index (χ4v) is 6.49. The van der Waals surface area contributed by atoms with E-state index in [0.29, 0.717) is 22.7 Å². The van der Waals surface area contributed by atoms with Crippen LogP contribution < -0.4 is 9.62 Å². The van der Waals surface area contributed by atoms with Crippen molar-refractivity contribution in [3.05, 3.63) is 76.2 Å². The Balaban J connectivity index is 0.00000361. The molecule has 0 unspecified atom stereocenters. The Hall–Kier alpha value is -2.92. The first-order valence-electron chi connectivity index (χ1n) is 11.2. The molecule has 0 bridgehead atoms. The Morgan fingerprint density at radius 1 is 1.11 bits per heavy atom. The normalized spacial score (nSPS) is 13.3. The number of ether oxygens (including phenoxy) is 1. The van der Waals surface area contributed by atoms with Crippen LogP contribution in [0.5, 0.6) is 0 Å². The van der Waals surface area contributed by atoms with Gasteiger partial charge >= 0.3 is 5.97 Å². The van der Waals surface area contributed by atoms with Crippen LogP contribution in [0.15, 0.2) is 59.5 Å². The van der Waals surface area contributed by atoms with E-state index in [0.717, 1.165) is 30.1 Å². The van der Waals surface area contributed by atoms with Crippen LogP contribution in [-0.4, -0.2) is 52.4 Å². The average Bonchev–Trinajstić information content (AvgIpc) is 3.25. The molecule has 2 heterocycles. The van der Waals surface area contributed by atoms with Crippen molar-refractivity contribution < 1.29 is 22.7 Å². The third-order valence-electron chi connectivity index (χ3n) is 6.09. The van der Waals surface area contributed by atoms with Gasteiger partial charge in [0, 0.05) is 30.6 Å². The van der Waals surface area contributed by atoms with E-state index in [9.17, 15) is 18.0 Å². The number of hydrogen-bond acceptors (Lipinski definition) is 7. The molecular formula is C25H28ClN3O5S2. The highest BCUT2D eigenvalue weighted by Gasteiger charge is 2.29.